The molecule has 6 heteroatoms. The van der Waals surface area contributed by atoms with Crippen molar-refractivity contribution in [1.29, 1.82) is 0 Å². The van der Waals surface area contributed by atoms with Crippen LogP contribution in [0.25, 0.3) is 0 Å². The molecule has 1 atom stereocenters. The molecule has 98 valence electrons. The van der Waals surface area contributed by atoms with Crippen LogP contribution >= 0.6 is 0 Å². The first-order valence-corrected chi connectivity index (χ1v) is 6.06. The summed E-state index contributed by atoms with van der Waals surface area (Å²) in [5, 5.41) is 6.15. The van der Waals surface area contributed by atoms with E-state index in [2.05, 4.69) is 15.6 Å². The first kappa shape index (κ1) is 12.6. The van der Waals surface area contributed by atoms with Gasteiger partial charge in [0.05, 0.1) is 19.8 Å². The van der Waals surface area contributed by atoms with Gasteiger partial charge in [-0.05, 0) is 0 Å². The van der Waals surface area contributed by atoms with Gasteiger partial charge in [-0.15, -0.1) is 0 Å². The fourth-order valence-corrected chi connectivity index (χ4v) is 2.15. The van der Waals surface area contributed by atoms with Crippen molar-refractivity contribution in [2.24, 2.45) is 4.99 Å². The number of hydrogen-bond acceptors (Lipinski definition) is 4. The monoisotopic (exact) mass is 243 g/mol. The van der Waals surface area contributed by atoms with Crippen molar-refractivity contribution in [2.75, 3.05) is 40.5 Å². The highest BCUT2D eigenvalue weighted by Gasteiger charge is 2.42. The van der Waals surface area contributed by atoms with Gasteiger partial charge < -0.3 is 24.8 Å². The summed E-state index contributed by atoms with van der Waals surface area (Å²) in [4.78, 5) is 4.05. The van der Waals surface area contributed by atoms with Gasteiger partial charge >= 0.3 is 0 Å². The van der Waals surface area contributed by atoms with Crippen LogP contribution in [-0.2, 0) is 14.2 Å². The van der Waals surface area contributed by atoms with E-state index in [9.17, 15) is 0 Å². The summed E-state index contributed by atoms with van der Waals surface area (Å²) in [7, 11) is 3.58. The van der Waals surface area contributed by atoms with E-state index < -0.39 is 5.79 Å². The standard InChI is InChI=1S/C11H21N3O3/c1-12-10(13-2)14-7-9-8-16-11(17-9)3-5-15-6-4-11/h9H,3-8H2,1-2H3,(H2,12,13,14). The predicted octanol–water partition coefficient (Wildman–Crippen LogP) is -0.297. The summed E-state index contributed by atoms with van der Waals surface area (Å²) < 4.78 is 17.1. The average molecular weight is 243 g/mol. The van der Waals surface area contributed by atoms with E-state index in [0.29, 0.717) is 13.2 Å². The smallest absolute Gasteiger partial charge is 0.190 e. The van der Waals surface area contributed by atoms with E-state index in [1.807, 2.05) is 7.05 Å². The number of rotatable bonds is 2. The zero-order valence-electron chi connectivity index (χ0n) is 10.5. The topological polar surface area (TPSA) is 64.1 Å². The summed E-state index contributed by atoms with van der Waals surface area (Å²) in [5.41, 5.74) is 0. The van der Waals surface area contributed by atoms with Gasteiger partial charge in [0.15, 0.2) is 11.7 Å². The molecule has 17 heavy (non-hydrogen) atoms. The lowest BCUT2D eigenvalue weighted by Crippen LogP contribution is -2.42. The second-order valence-corrected chi connectivity index (χ2v) is 4.28. The van der Waals surface area contributed by atoms with Gasteiger partial charge in [0.25, 0.3) is 0 Å². The molecule has 1 spiro atoms. The van der Waals surface area contributed by atoms with Gasteiger partial charge in [0, 0.05) is 33.5 Å². The van der Waals surface area contributed by atoms with E-state index >= 15 is 0 Å². The van der Waals surface area contributed by atoms with Crippen molar-refractivity contribution in [3.05, 3.63) is 0 Å². The first-order chi connectivity index (χ1) is 8.28. The second-order valence-electron chi connectivity index (χ2n) is 4.28. The molecule has 0 bridgehead atoms. The molecule has 1 unspecified atom stereocenters. The Bertz CT molecular complexity index is 277. The summed E-state index contributed by atoms with van der Waals surface area (Å²) >= 11 is 0. The van der Waals surface area contributed by atoms with Gasteiger partial charge in [0.2, 0.25) is 0 Å². The van der Waals surface area contributed by atoms with E-state index in [1.165, 1.54) is 0 Å². The average Bonchev–Trinajstić information content (AvgIpc) is 2.75. The molecule has 0 aromatic carbocycles. The number of nitrogens with one attached hydrogen (secondary N) is 2. The van der Waals surface area contributed by atoms with Gasteiger partial charge in [-0.1, -0.05) is 0 Å². The zero-order chi connectivity index (χ0) is 12.1. The third kappa shape index (κ3) is 3.08. The fourth-order valence-electron chi connectivity index (χ4n) is 2.15. The molecule has 0 aliphatic carbocycles. The van der Waals surface area contributed by atoms with Crippen molar-refractivity contribution in [1.82, 2.24) is 10.6 Å². The molecule has 2 aliphatic heterocycles. The number of aliphatic imine (C=N–C) groups is 1. The van der Waals surface area contributed by atoms with Gasteiger partial charge in [-0.3, -0.25) is 4.99 Å². The molecule has 0 aromatic rings. The molecule has 2 aliphatic rings. The Kier molecular flexibility index (Phi) is 4.20. The summed E-state index contributed by atoms with van der Waals surface area (Å²) in [6.07, 6.45) is 1.73. The van der Waals surface area contributed by atoms with Crippen LogP contribution < -0.4 is 10.6 Å². The molecule has 0 saturated carbocycles. The molecule has 0 amide bonds. The molecular weight excluding hydrogens is 222 g/mol. The second kappa shape index (κ2) is 5.66. The first-order valence-electron chi connectivity index (χ1n) is 6.06. The Morgan fingerprint density at radius 3 is 2.82 bits per heavy atom. The predicted molar refractivity (Wildman–Crippen MR) is 64.0 cm³/mol. The molecule has 2 fully saturated rings. The van der Waals surface area contributed by atoms with Crippen molar-refractivity contribution < 1.29 is 14.2 Å². The fraction of sp³-hybridized carbons (Fsp3) is 0.909. The van der Waals surface area contributed by atoms with Gasteiger partial charge in [-0.2, -0.15) is 0 Å². The minimum absolute atomic E-state index is 0.0817. The maximum Gasteiger partial charge on any atom is 0.190 e. The minimum Gasteiger partial charge on any atom is -0.381 e. The number of guanidine groups is 1. The molecule has 2 N–H and O–H groups in total. The normalized spacial score (nSPS) is 28.4. The van der Waals surface area contributed by atoms with Crippen molar-refractivity contribution in [3.8, 4) is 0 Å². The highest BCUT2D eigenvalue weighted by molar-refractivity contribution is 5.79. The molecule has 0 aromatic heterocycles. The van der Waals surface area contributed by atoms with E-state index in [-0.39, 0.29) is 6.10 Å². The Balaban J connectivity index is 1.77. The summed E-state index contributed by atoms with van der Waals surface area (Å²) in [5.74, 6) is 0.370. The van der Waals surface area contributed by atoms with Crippen LogP contribution in [0.5, 0.6) is 0 Å². The van der Waals surface area contributed by atoms with E-state index in [4.69, 9.17) is 14.2 Å². The molecule has 2 heterocycles. The van der Waals surface area contributed by atoms with Crippen LogP contribution in [0, 0.1) is 0 Å². The Hall–Kier alpha value is -0.850. The van der Waals surface area contributed by atoms with Gasteiger partial charge in [-0.25, -0.2) is 0 Å². The van der Waals surface area contributed by atoms with Crippen LogP contribution in [0.2, 0.25) is 0 Å². The quantitative estimate of drug-likeness (QED) is 0.515. The van der Waals surface area contributed by atoms with Crippen LogP contribution in [-0.4, -0.2) is 58.3 Å². The number of hydrogen-bond donors (Lipinski definition) is 2. The Morgan fingerprint density at radius 1 is 1.41 bits per heavy atom. The Labute approximate surface area is 102 Å². The minimum atomic E-state index is -0.395. The maximum absolute atomic E-state index is 5.98. The SMILES string of the molecule is CN=C(NC)NCC1COC2(CCOCC2)O1. The lowest BCUT2D eigenvalue weighted by Gasteiger charge is -2.31. The van der Waals surface area contributed by atoms with E-state index in [1.54, 1.807) is 7.05 Å². The van der Waals surface area contributed by atoms with Gasteiger partial charge in [0.1, 0.15) is 6.10 Å². The molecule has 6 nitrogen and oxygen atoms in total. The molecular formula is C11H21N3O3. The lowest BCUT2D eigenvalue weighted by molar-refractivity contribution is -0.210. The largest absolute Gasteiger partial charge is 0.381 e. The summed E-state index contributed by atoms with van der Waals surface area (Å²) in [6, 6.07) is 0. The highest BCUT2D eigenvalue weighted by atomic mass is 16.7. The van der Waals surface area contributed by atoms with Crippen molar-refractivity contribution in [3.63, 3.8) is 0 Å². The van der Waals surface area contributed by atoms with Crippen LogP contribution in [0.4, 0.5) is 0 Å². The lowest BCUT2D eigenvalue weighted by atomic mass is 10.1. The van der Waals surface area contributed by atoms with Crippen molar-refractivity contribution >= 4 is 5.96 Å². The number of nitrogens with zero attached hydrogens (tertiary/aromatic N) is 1. The van der Waals surface area contributed by atoms with Crippen molar-refractivity contribution in [2.45, 2.75) is 24.7 Å². The zero-order valence-corrected chi connectivity index (χ0v) is 10.5. The van der Waals surface area contributed by atoms with Crippen LogP contribution in [0.1, 0.15) is 12.8 Å². The molecule has 2 saturated heterocycles. The third-order valence-electron chi connectivity index (χ3n) is 3.13. The van der Waals surface area contributed by atoms with Crippen LogP contribution in [0.15, 0.2) is 4.99 Å². The number of ether oxygens (including phenoxy) is 3. The van der Waals surface area contributed by atoms with Crippen LogP contribution in [0.3, 0.4) is 0 Å². The molecule has 0 radical (unpaired) electrons. The molecule has 2 rings (SSSR count). The highest BCUT2D eigenvalue weighted by Crippen LogP contribution is 2.32. The maximum atomic E-state index is 5.98. The Morgan fingerprint density at radius 2 is 2.18 bits per heavy atom. The summed E-state index contributed by atoms with van der Waals surface area (Å²) in [6.45, 7) is 2.78. The van der Waals surface area contributed by atoms with E-state index in [0.717, 1.165) is 32.0 Å². The third-order valence-corrected chi connectivity index (χ3v) is 3.13.